The number of hydrogen-bond donors (Lipinski definition) is 1. The van der Waals surface area contributed by atoms with Crippen molar-refractivity contribution in [3.63, 3.8) is 0 Å². The molecule has 122 valence electrons. The highest BCUT2D eigenvalue weighted by molar-refractivity contribution is 9.10. The smallest absolute Gasteiger partial charge is 0.234 e. The predicted molar refractivity (Wildman–Crippen MR) is 93.9 cm³/mol. The molecule has 0 aliphatic carbocycles. The van der Waals surface area contributed by atoms with Crippen LogP contribution in [-0.4, -0.2) is 55.5 Å². The molecule has 2 rings (SSSR count). The normalized spacial score (nSPS) is 18.7. The van der Waals surface area contributed by atoms with E-state index < -0.39 is 0 Å². The van der Waals surface area contributed by atoms with Crippen molar-refractivity contribution >= 4 is 21.8 Å². The first-order chi connectivity index (χ1) is 10.6. The number of halogens is 1. The van der Waals surface area contributed by atoms with Gasteiger partial charge >= 0.3 is 0 Å². The number of nitrogens with zero attached hydrogens (tertiary/aromatic N) is 2. The van der Waals surface area contributed by atoms with Crippen LogP contribution in [0.4, 0.5) is 0 Å². The molecule has 1 heterocycles. The summed E-state index contributed by atoms with van der Waals surface area (Å²) in [5, 5.41) is 3.17. The first-order valence-electron chi connectivity index (χ1n) is 8.04. The van der Waals surface area contributed by atoms with Crippen LogP contribution >= 0.6 is 15.9 Å². The van der Waals surface area contributed by atoms with Gasteiger partial charge in [0, 0.05) is 17.6 Å². The van der Waals surface area contributed by atoms with E-state index in [9.17, 15) is 4.79 Å². The maximum absolute atomic E-state index is 12.3. The number of hydrogen-bond acceptors (Lipinski definition) is 3. The second kappa shape index (κ2) is 8.65. The highest BCUT2D eigenvalue weighted by Crippen LogP contribution is 2.19. The molecule has 0 unspecified atom stereocenters. The van der Waals surface area contributed by atoms with Crippen LogP contribution in [0.2, 0.25) is 0 Å². The van der Waals surface area contributed by atoms with Gasteiger partial charge in [-0.1, -0.05) is 35.0 Å². The molecule has 1 aliphatic rings. The van der Waals surface area contributed by atoms with E-state index in [0.29, 0.717) is 6.54 Å². The second-order valence-corrected chi connectivity index (χ2v) is 6.93. The Morgan fingerprint density at radius 3 is 2.64 bits per heavy atom. The zero-order valence-corrected chi connectivity index (χ0v) is 15.1. The monoisotopic (exact) mass is 367 g/mol. The molecule has 4 nitrogen and oxygen atoms in total. The number of rotatable bonds is 5. The molecule has 1 aliphatic heterocycles. The predicted octanol–water partition coefficient (Wildman–Crippen LogP) is 2.65. The summed E-state index contributed by atoms with van der Waals surface area (Å²) in [4.78, 5) is 16.9. The van der Waals surface area contributed by atoms with Crippen LogP contribution < -0.4 is 5.32 Å². The molecule has 0 spiro atoms. The molecular formula is C17H26BrN3O. The zero-order chi connectivity index (χ0) is 15.9. The van der Waals surface area contributed by atoms with E-state index in [4.69, 9.17) is 0 Å². The molecule has 0 radical (unpaired) electrons. The summed E-state index contributed by atoms with van der Waals surface area (Å²) >= 11 is 3.45. The van der Waals surface area contributed by atoms with Crippen molar-refractivity contribution in [2.45, 2.75) is 25.8 Å². The average molecular weight is 368 g/mol. The number of benzene rings is 1. The van der Waals surface area contributed by atoms with Gasteiger partial charge in [-0.15, -0.1) is 0 Å². The molecule has 0 bridgehead atoms. The maximum atomic E-state index is 12.3. The molecule has 1 aromatic rings. The van der Waals surface area contributed by atoms with Crippen LogP contribution in [0.3, 0.4) is 0 Å². The Labute approximate surface area is 142 Å². The van der Waals surface area contributed by atoms with Crippen molar-refractivity contribution in [2.75, 3.05) is 39.8 Å². The SMILES string of the molecule is CC[C@@H](NC(=O)CN1CCCN(C)CC1)c1ccc(Br)cc1. The molecule has 5 heteroatoms. The Balaban J connectivity index is 1.87. The summed E-state index contributed by atoms with van der Waals surface area (Å²) in [6.45, 7) is 6.74. The van der Waals surface area contributed by atoms with Gasteiger partial charge in [0.05, 0.1) is 12.6 Å². The second-order valence-electron chi connectivity index (χ2n) is 6.01. The highest BCUT2D eigenvalue weighted by Gasteiger charge is 2.17. The molecular weight excluding hydrogens is 342 g/mol. The van der Waals surface area contributed by atoms with Crippen LogP contribution in [0.1, 0.15) is 31.4 Å². The Kier molecular flexibility index (Phi) is 6.86. The van der Waals surface area contributed by atoms with Gasteiger partial charge in [0.25, 0.3) is 0 Å². The van der Waals surface area contributed by atoms with E-state index in [2.05, 4.69) is 57.2 Å². The summed E-state index contributed by atoms with van der Waals surface area (Å²) in [6.07, 6.45) is 2.03. The Morgan fingerprint density at radius 1 is 1.23 bits per heavy atom. The third kappa shape index (κ3) is 5.38. The molecule has 0 aromatic heterocycles. The van der Waals surface area contributed by atoms with Crippen LogP contribution in [-0.2, 0) is 4.79 Å². The number of nitrogens with one attached hydrogen (secondary N) is 1. The molecule has 1 aromatic carbocycles. The first-order valence-corrected chi connectivity index (χ1v) is 8.83. The van der Waals surface area contributed by atoms with Gasteiger partial charge in [-0.25, -0.2) is 0 Å². The summed E-state index contributed by atoms with van der Waals surface area (Å²) in [5.41, 5.74) is 1.16. The van der Waals surface area contributed by atoms with Crippen molar-refractivity contribution < 1.29 is 4.79 Å². The molecule has 1 saturated heterocycles. The number of carbonyl (C=O) groups excluding carboxylic acids is 1. The van der Waals surface area contributed by atoms with Crippen LogP contribution in [0.5, 0.6) is 0 Å². The van der Waals surface area contributed by atoms with Gasteiger partial charge in [0.2, 0.25) is 5.91 Å². The largest absolute Gasteiger partial charge is 0.348 e. The first kappa shape index (κ1) is 17.4. The fourth-order valence-electron chi connectivity index (χ4n) is 2.82. The Bertz CT molecular complexity index is 477. The lowest BCUT2D eigenvalue weighted by molar-refractivity contribution is -0.123. The van der Waals surface area contributed by atoms with E-state index in [1.165, 1.54) is 0 Å². The molecule has 0 saturated carbocycles. The van der Waals surface area contributed by atoms with E-state index in [1.54, 1.807) is 0 Å². The van der Waals surface area contributed by atoms with Gasteiger partial charge < -0.3 is 10.2 Å². The minimum absolute atomic E-state index is 0.0928. The number of amides is 1. The lowest BCUT2D eigenvalue weighted by atomic mass is 10.0. The van der Waals surface area contributed by atoms with E-state index >= 15 is 0 Å². The van der Waals surface area contributed by atoms with Crippen LogP contribution in [0, 0.1) is 0 Å². The topological polar surface area (TPSA) is 35.6 Å². The summed E-state index contributed by atoms with van der Waals surface area (Å²) in [6, 6.07) is 8.28. The minimum atomic E-state index is 0.0928. The van der Waals surface area contributed by atoms with E-state index in [-0.39, 0.29) is 11.9 Å². The average Bonchev–Trinajstić information content (AvgIpc) is 2.70. The van der Waals surface area contributed by atoms with Crippen molar-refractivity contribution in [1.82, 2.24) is 15.1 Å². The fraction of sp³-hybridized carbons (Fsp3) is 0.588. The molecule has 22 heavy (non-hydrogen) atoms. The van der Waals surface area contributed by atoms with Crippen LogP contribution in [0.25, 0.3) is 0 Å². The maximum Gasteiger partial charge on any atom is 0.234 e. The molecule has 1 fully saturated rings. The third-order valence-corrected chi connectivity index (χ3v) is 4.72. The summed E-state index contributed by atoms with van der Waals surface area (Å²) < 4.78 is 1.06. The van der Waals surface area contributed by atoms with Gasteiger partial charge in [0.15, 0.2) is 0 Å². The number of likely N-dealkylation sites (N-methyl/N-ethyl adjacent to an activating group) is 1. The van der Waals surface area contributed by atoms with E-state index in [1.807, 2.05) is 12.1 Å². The quantitative estimate of drug-likeness (QED) is 0.868. The summed E-state index contributed by atoms with van der Waals surface area (Å²) in [5.74, 6) is 0.124. The van der Waals surface area contributed by atoms with Crippen molar-refractivity contribution in [3.8, 4) is 0 Å². The minimum Gasteiger partial charge on any atom is -0.348 e. The number of carbonyl (C=O) groups is 1. The Morgan fingerprint density at radius 2 is 1.95 bits per heavy atom. The molecule has 1 N–H and O–H groups in total. The molecule has 1 amide bonds. The van der Waals surface area contributed by atoms with Gasteiger partial charge in [0.1, 0.15) is 0 Å². The zero-order valence-electron chi connectivity index (χ0n) is 13.5. The summed E-state index contributed by atoms with van der Waals surface area (Å²) in [7, 11) is 2.14. The van der Waals surface area contributed by atoms with Crippen molar-refractivity contribution in [1.29, 1.82) is 0 Å². The van der Waals surface area contributed by atoms with Crippen molar-refractivity contribution in [3.05, 3.63) is 34.3 Å². The lowest BCUT2D eigenvalue weighted by Gasteiger charge is -2.22. The van der Waals surface area contributed by atoms with Gasteiger partial charge in [-0.3, -0.25) is 9.69 Å². The van der Waals surface area contributed by atoms with Gasteiger partial charge in [-0.05, 0) is 50.7 Å². The Hall–Kier alpha value is -0.910. The van der Waals surface area contributed by atoms with Gasteiger partial charge in [-0.2, -0.15) is 0 Å². The highest BCUT2D eigenvalue weighted by atomic mass is 79.9. The third-order valence-electron chi connectivity index (χ3n) is 4.20. The lowest BCUT2D eigenvalue weighted by Crippen LogP contribution is -2.40. The van der Waals surface area contributed by atoms with E-state index in [0.717, 1.165) is 49.1 Å². The molecule has 1 atom stereocenters. The fourth-order valence-corrected chi connectivity index (χ4v) is 3.08. The van der Waals surface area contributed by atoms with Crippen molar-refractivity contribution in [2.24, 2.45) is 0 Å². The standard InChI is InChI=1S/C17H26BrN3O/c1-3-16(14-5-7-15(18)8-6-14)19-17(22)13-21-10-4-9-20(2)11-12-21/h5-8,16H,3-4,9-13H2,1-2H3,(H,19,22)/t16-/m1/s1. The van der Waals surface area contributed by atoms with Crippen LogP contribution in [0.15, 0.2) is 28.7 Å².